The second-order valence-electron chi connectivity index (χ2n) is 1.51. The third-order valence-corrected chi connectivity index (χ3v) is 0.903. The van der Waals surface area contributed by atoms with Crippen molar-refractivity contribution in [2.75, 3.05) is 0 Å². The van der Waals surface area contributed by atoms with E-state index in [0.717, 1.165) is 6.92 Å². The summed E-state index contributed by atoms with van der Waals surface area (Å²) in [6.07, 6.45) is -1.57. The monoisotopic (exact) mass is 196 g/mol. The van der Waals surface area contributed by atoms with Crippen LogP contribution in [0.25, 0.3) is 0 Å². The van der Waals surface area contributed by atoms with E-state index in [9.17, 15) is 13.2 Å². The summed E-state index contributed by atoms with van der Waals surface area (Å²) in [4.78, 5) is 10.1. The number of aliphatic hydroxyl groups excluding tert-OH is 1. The van der Waals surface area contributed by atoms with E-state index in [2.05, 4.69) is 4.18 Å². The molecule has 8 heteroatoms. The van der Waals surface area contributed by atoms with Crippen molar-refractivity contribution in [3.8, 4) is 0 Å². The van der Waals surface area contributed by atoms with Gasteiger partial charge in [-0.05, 0) is 6.92 Å². The van der Waals surface area contributed by atoms with Crippen LogP contribution in [0.1, 0.15) is 9.78 Å². The number of aliphatic hydroxyl groups is 1. The van der Waals surface area contributed by atoms with Crippen molar-refractivity contribution >= 4 is 39.4 Å². The Labute approximate surface area is 82.6 Å². The molecule has 11 heavy (non-hydrogen) atoms. The van der Waals surface area contributed by atoms with E-state index in [0.29, 0.717) is 0 Å². The summed E-state index contributed by atoms with van der Waals surface area (Å²) in [6.45, 7) is 1.01. The Kier molecular flexibility index (Phi) is 6.07. The van der Waals surface area contributed by atoms with E-state index in [1.807, 2.05) is 0 Å². The van der Waals surface area contributed by atoms with Crippen molar-refractivity contribution < 1.29 is 29.9 Å². The predicted molar refractivity (Wildman–Crippen MR) is 37.3 cm³/mol. The van der Waals surface area contributed by atoms with Crippen LogP contribution >= 0.6 is 0 Å². The van der Waals surface area contributed by atoms with Crippen molar-refractivity contribution in [1.82, 2.24) is 0 Å². The molecule has 64 valence electrons. The number of hydrogen-bond acceptors (Lipinski definition) is 5. The third kappa shape index (κ3) is 8.01. The molecule has 0 aliphatic carbocycles. The fraction of sp³-hybridized carbons (Fsp3) is 0.667. The van der Waals surface area contributed by atoms with Crippen LogP contribution in [-0.4, -0.2) is 53.2 Å². The minimum Gasteiger partial charge on any atom is -1.00 e. The Balaban J connectivity index is -0.000000135. The van der Waals surface area contributed by atoms with Gasteiger partial charge in [0, 0.05) is 0 Å². The molecule has 0 aliphatic rings. The molecule has 0 rings (SSSR count). The molecule has 0 aromatic rings. The fourth-order valence-corrected chi connectivity index (χ4v) is 0.520. The molecule has 0 fully saturated rings. The Bertz CT molecular complexity index is 226. The first kappa shape index (κ1) is 13.7. The largest absolute Gasteiger partial charge is 2.00 e. The minimum atomic E-state index is -4.78. The van der Waals surface area contributed by atoms with E-state index < -0.39 is 22.5 Å². The molecule has 0 heterocycles. The number of carbonyl (C=O) groups is 1. The molecule has 6 nitrogen and oxygen atoms in total. The van der Waals surface area contributed by atoms with Gasteiger partial charge < -0.3 is 12.1 Å². The summed E-state index contributed by atoms with van der Waals surface area (Å²) in [5, 5.41) is 8.33. The number of hydrogen-bond donors (Lipinski definition) is 2. The fourth-order valence-electron chi connectivity index (χ4n) is 0.173. The van der Waals surface area contributed by atoms with Gasteiger partial charge in [0.1, 0.15) is 6.10 Å². The van der Waals surface area contributed by atoms with Gasteiger partial charge in [0.25, 0.3) is 0 Å². The normalized spacial score (nSPS) is 13.0. The predicted octanol–water partition coefficient (Wildman–Crippen LogP) is -1.44. The topological polar surface area (TPSA) is 101 Å². The molecule has 0 amide bonds. The van der Waals surface area contributed by atoms with Crippen molar-refractivity contribution in [3.63, 3.8) is 0 Å². The van der Waals surface area contributed by atoms with Gasteiger partial charge in [0.05, 0.1) is 0 Å². The summed E-state index contributed by atoms with van der Waals surface area (Å²) >= 11 is 0. The number of carbonyl (C=O) groups excluding carboxylic acids is 1. The Morgan fingerprint density at radius 1 is 1.64 bits per heavy atom. The molecule has 2 N–H and O–H groups in total. The SMILES string of the molecule is CC(O)C(=O)OS(=O)(=O)O.[H-].[H-].[Mg+2]. The maximum absolute atomic E-state index is 10.1. The molecule has 0 saturated carbocycles. The molecule has 0 aromatic heterocycles. The van der Waals surface area contributed by atoms with Crippen molar-refractivity contribution in [3.05, 3.63) is 0 Å². The zero-order valence-corrected chi connectivity index (χ0v) is 7.95. The first-order valence-corrected chi connectivity index (χ1v) is 3.58. The van der Waals surface area contributed by atoms with Gasteiger partial charge in [-0.25, -0.2) is 4.79 Å². The summed E-state index contributed by atoms with van der Waals surface area (Å²) in [6, 6.07) is 0. The number of rotatable bonds is 2. The summed E-state index contributed by atoms with van der Waals surface area (Å²) in [5.41, 5.74) is 0. The standard InChI is InChI=1S/C3H6O6S.Mg.2H/c1-2(4)3(5)9-10(6,7)8;;;/h2,4H,1H3,(H,6,7,8);;;/q;+2;2*-1. The smallest absolute Gasteiger partial charge is 1.00 e. The second kappa shape index (κ2) is 4.88. The average Bonchev–Trinajstić information content (AvgIpc) is 1.60. The zero-order valence-electron chi connectivity index (χ0n) is 7.72. The Morgan fingerprint density at radius 2 is 2.00 bits per heavy atom. The molecular weight excluding hydrogens is 188 g/mol. The molecule has 0 spiro atoms. The second-order valence-corrected chi connectivity index (χ2v) is 2.53. The van der Waals surface area contributed by atoms with Crippen LogP contribution < -0.4 is 0 Å². The van der Waals surface area contributed by atoms with E-state index in [1.165, 1.54) is 0 Å². The molecule has 1 atom stereocenters. The first-order valence-electron chi connectivity index (χ1n) is 2.22. The zero-order chi connectivity index (χ0) is 8.36. The Morgan fingerprint density at radius 3 is 2.09 bits per heavy atom. The van der Waals surface area contributed by atoms with Crippen LogP contribution in [0.3, 0.4) is 0 Å². The van der Waals surface area contributed by atoms with Crippen LogP contribution in [-0.2, 0) is 19.4 Å². The maximum Gasteiger partial charge on any atom is 2.00 e. The third-order valence-electron chi connectivity index (χ3n) is 0.529. The molecule has 0 saturated heterocycles. The van der Waals surface area contributed by atoms with Crippen molar-refractivity contribution in [2.24, 2.45) is 0 Å². The van der Waals surface area contributed by atoms with Gasteiger partial charge in [0.15, 0.2) is 0 Å². The van der Waals surface area contributed by atoms with Crippen LogP contribution in [0, 0.1) is 0 Å². The molecular formula is C3H8MgO6S. The van der Waals surface area contributed by atoms with Gasteiger partial charge in [0.2, 0.25) is 0 Å². The van der Waals surface area contributed by atoms with Gasteiger partial charge in [-0.15, -0.1) is 0 Å². The van der Waals surface area contributed by atoms with E-state index >= 15 is 0 Å². The molecule has 0 aromatic carbocycles. The molecule has 0 radical (unpaired) electrons. The summed E-state index contributed by atoms with van der Waals surface area (Å²) in [7, 11) is -4.78. The van der Waals surface area contributed by atoms with Crippen LogP contribution in [0.2, 0.25) is 0 Å². The summed E-state index contributed by atoms with van der Waals surface area (Å²) < 4.78 is 30.7. The van der Waals surface area contributed by atoms with Gasteiger partial charge >= 0.3 is 39.4 Å². The van der Waals surface area contributed by atoms with Gasteiger partial charge in [-0.3, -0.25) is 4.55 Å². The molecule has 0 bridgehead atoms. The van der Waals surface area contributed by atoms with Crippen LogP contribution in [0.5, 0.6) is 0 Å². The summed E-state index contributed by atoms with van der Waals surface area (Å²) in [5.74, 6) is -1.41. The van der Waals surface area contributed by atoms with Gasteiger partial charge in [-0.1, -0.05) is 0 Å². The van der Waals surface area contributed by atoms with E-state index in [4.69, 9.17) is 9.66 Å². The molecule has 1 unspecified atom stereocenters. The Hall–Kier alpha value is 0.106. The first-order chi connectivity index (χ1) is 4.33. The molecule has 0 aliphatic heterocycles. The maximum atomic E-state index is 10.1. The quantitative estimate of drug-likeness (QED) is 0.414. The van der Waals surface area contributed by atoms with Crippen LogP contribution in [0.4, 0.5) is 0 Å². The van der Waals surface area contributed by atoms with Crippen molar-refractivity contribution in [2.45, 2.75) is 13.0 Å². The van der Waals surface area contributed by atoms with Crippen LogP contribution in [0.15, 0.2) is 0 Å². The van der Waals surface area contributed by atoms with Gasteiger partial charge in [-0.2, -0.15) is 8.42 Å². The average molecular weight is 196 g/mol. The van der Waals surface area contributed by atoms with Crippen molar-refractivity contribution in [1.29, 1.82) is 0 Å². The van der Waals surface area contributed by atoms with E-state index in [-0.39, 0.29) is 25.9 Å². The van der Waals surface area contributed by atoms with E-state index in [1.54, 1.807) is 0 Å². The minimum absolute atomic E-state index is 0.